The van der Waals surface area contributed by atoms with Crippen LogP contribution in [-0.4, -0.2) is 15.4 Å². The van der Waals surface area contributed by atoms with Gasteiger partial charge in [0.05, 0.1) is 4.92 Å². The third kappa shape index (κ3) is 3.11. The number of hydrogen-bond acceptors (Lipinski definition) is 4. The van der Waals surface area contributed by atoms with Crippen LogP contribution in [0.5, 0.6) is 0 Å². The molecule has 8 heteroatoms. The molecular formula is C13H10FN3O4. The molecule has 0 fully saturated rings. The van der Waals surface area contributed by atoms with Crippen LogP contribution in [0.25, 0.3) is 0 Å². The number of halogens is 1. The quantitative estimate of drug-likeness (QED) is 0.687. The highest BCUT2D eigenvalue weighted by atomic mass is 19.1. The zero-order valence-corrected chi connectivity index (χ0v) is 10.9. The topological polar surface area (TPSA) is 94.2 Å². The van der Waals surface area contributed by atoms with E-state index >= 15 is 0 Å². The zero-order valence-electron chi connectivity index (χ0n) is 10.9. The Morgan fingerprint density at radius 3 is 2.67 bits per heavy atom. The third-order valence-corrected chi connectivity index (χ3v) is 2.77. The number of benzene rings is 1. The molecular weight excluding hydrogens is 281 g/mol. The second kappa shape index (κ2) is 5.53. The van der Waals surface area contributed by atoms with Crippen molar-refractivity contribution in [2.45, 2.75) is 0 Å². The van der Waals surface area contributed by atoms with Crippen LogP contribution in [0, 0.1) is 15.9 Å². The molecule has 0 aliphatic rings. The molecule has 0 aliphatic heterocycles. The molecule has 1 aromatic carbocycles. The minimum absolute atomic E-state index is 0.0637. The molecule has 21 heavy (non-hydrogen) atoms. The van der Waals surface area contributed by atoms with E-state index in [4.69, 9.17) is 0 Å². The second-order valence-corrected chi connectivity index (χ2v) is 4.24. The molecule has 2 rings (SSSR count). The number of nitro benzene ring substituents is 1. The van der Waals surface area contributed by atoms with Crippen LogP contribution in [-0.2, 0) is 7.05 Å². The Morgan fingerprint density at radius 1 is 1.33 bits per heavy atom. The lowest BCUT2D eigenvalue weighted by atomic mass is 10.2. The van der Waals surface area contributed by atoms with E-state index in [9.17, 15) is 24.1 Å². The van der Waals surface area contributed by atoms with Gasteiger partial charge in [0, 0.05) is 36.6 Å². The number of carbonyl (C=O) groups is 1. The molecule has 0 unspecified atom stereocenters. The lowest BCUT2D eigenvalue weighted by Crippen LogP contribution is -2.20. The summed E-state index contributed by atoms with van der Waals surface area (Å²) < 4.78 is 14.5. The molecule has 0 saturated carbocycles. The van der Waals surface area contributed by atoms with E-state index in [1.54, 1.807) is 0 Å². The van der Waals surface area contributed by atoms with E-state index < -0.39 is 22.3 Å². The van der Waals surface area contributed by atoms with Crippen LogP contribution in [0.2, 0.25) is 0 Å². The Labute approximate surface area is 117 Å². The fourth-order valence-corrected chi connectivity index (χ4v) is 1.62. The second-order valence-electron chi connectivity index (χ2n) is 4.24. The summed E-state index contributed by atoms with van der Waals surface area (Å²) in [7, 11) is 1.54. The van der Waals surface area contributed by atoms with Crippen LogP contribution >= 0.6 is 0 Å². The molecule has 7 nitrogen and oxygen atoms in total. The minimum atomic E-state index is -0.994. The first kappa shape index (κ1) is 14.4. The van der Waals surface area contributed by atoms with Gasteiger partial charge < -0.3 is 9.88 Å². The van der Waals surface area contributed by atoms with Crippen molar-refractivity contribution in [2.75, 3.05) is 5.32 Å². The molecule has 2 aromatic rings. The van der Waals surface area contributed by atoms with Crippen molar-refractivity contribution in [2.24, 2.45) is 7.05 Å². The molecule has 1 heterocycles. The number of aryl methyl sites for hydroxylation is 1. The monoisotopic (exact) mass is 291 g/mol. The summed E-state index contributed by atoms with van der Waals surface area (Å²) in [5.74, 6) is -1.61. The number of pyridine rings is 1. The summed E-state index contributed by atoms with van der Waals surface area (Å²) in [4.78, 5) is 33.1. The number of anilines is 1. The van der Waals surface area contributed by atoms with Gasteiger partial charge in [-0.25, -0.2) is 0 Å². The predicted molar refractivity (Wildman–Crippen MR) is 72.7 cm³/mol. The number of aromatic nitrogens is 1. The number of nitro groups is 1. The van der Waals surface area contributed by atoms with Crippen molar-refractivity contribution in [1.82, 2.24) is 4.57 Å². The molecule has 0 saturated heterocycles. The van der Waals surface area contributed by atoms with Crippen molar-refractivity contribution in [3.8, 4) is 0 Å². The molecule has 0 radical (unpaired) electrons. The molecule has 1 amide bonds. The summed E-state index contributed by atoms with van der Waals surface area (Å²) in [6.45, 7) is 0. The number of hydrogen-bond donors (Lipinski definition) is 1. The molecule has 1 aromatic heterocycles. The van der Waals surface area contributed by atoms with Gasteiger partial charge in [0.15, 0.2) is 0 Å². The maximum atomic E-state index is 13.2. The highest BCUT2D eigenvalue weighted by Crippen LogP contribution is 2.21. The van der Waals surface area contributed by atoms with E-state index in [0.29, 0.717) is 0 Å². The van der Waals surface area contributed by atoms with Crippen molar-refractivity contribution >= 4 is 17.3 Å². The summed E-state index contributed by atoms with van der Waals surface area (Å²) in [6, 6.07) is 5.55. The van der Waals surface area contributed by atoms with Crippen LogP contribution in [0.4, 0.5) is 15.8 Å². The maximum absolute atomic E-state index is 13.2. The summed E-state index contributed by atoms with van der Waals surface area (Å²) in [5.41, 5.74) is -0.941. The lowest BCUT2D eigenvalue weighted by Gasteiger charge is -2.06. The van der Waals surface area contributed by atoms with Crippen molar-refractivity contribution in [3.05, 3.63) is 68.4 Å². The molecule has 0 atom stereocenters. The van der Waals surface area contributed by atoms with E-state index in [0.717, 1.165) is 18.2 Å². The van der Waals surface area contributed by atoms with Gasteiger partial charge in [0.2, 0.25) is 5.82 Å². The minimum Gasteiger partial charge on any atom is -0.322 e. The van der Waals surface area contributed by atoms with Gasteiger partial charge in [-0.1, -0.05) is 0 Å². The first-order valence-corrected chi connectivity index (χ1v) is 5.80. The maximum Gasteiger partial charge on any atom is 0.306 e. The van der Waals surface area contributed by atoms with Gasteiger partial charge >= 0.3 is 5.69 Å². The Bertz CT molecular complexity index is 785. The van der Waals surface area contributed by atoms with Crippen LogP contribution in [0.15, 0.2) is 41.3 Å². The van der Waals surface area contributed by atoms with Crippen molar-refractivity contribution in [1.29, 1.82) is 0 Å². The van der Waals surface area contributed by atoms with E-state index in [1.807, 2.05) is 0 Å². The lowest BCUT2D eigenvalue weighted by molar-refractivity contribution is -0.387. The summed E-state index contributed by atoms with van der Waals surface area (Å²) in [6.07, 6.45) is 1.42. The highest BCUT2D eigenvalue weighted by molar-refractivity contribution is 6.04. The summed E-state index contributed by atoms with van der Waals surface area (Å²) in [5, 5.41) is 13.0. The SMILES string of the molecule is Cn1ccc(C(=O)Nc2ccc(F)c([N+](=O)[O-])c2)cc1=O. The Balaban J connectivity index is 2.27. The van der Waals surface area contributed by atoms with E-state index in [2.05, 4.69) is 5.32 Å². The van der Waals surface area contributed by atoms with Gasteiger partial charge in [-0.2, -0.15) is 4.39 Å². The molecule has 0 aliphatic carbocycles. The average Bonchev–Trinajstić information content (AvgIpc) is 2.43. The number of amides is 1. The van der Waals surface area contributed by atoms with Crippen LogP contribution in [0.3, 0.4) is 0 Å². The van der Waals surface area contributed by atoms with E-state index in [-0.39, 0.29) is 16.8 Å². The number of rotatable bonds is 3. The average molecular weight is 291 g/mol. The van der Waals surface area contributed by atoms with Gasteiger partial charge in [-0.3, -0.25) is 19.7 Å². The van der Waals surface area contributed by atoms with E-state index in [1.165, 1.54) is 29.9 Å². The van der Waals surface area contributed by atoms with Gasteiger partial charge in [-0.15, -0.1) is 0 Å². The number of nitrogens with zero attached hydrogens (tertiary/aromatic N) is 2. The fourth-order valence-electron chi connectivity index (χ4n) is 1.62. The molecule has 1 N–H and O–H groups in total. The highest BCUT2D eigenvalue weighted by Gasteiger charge is 2.16. The first-order valence-electron chi connectivity index (χ1n) is 5.80. The zero-order chi connectivity index (χ0) is 15.6. The number of carbonyl (C=O) groups excluding carboxylic acids is 1. The van der Waals surface area contributed by atoms with Crippen LogP contribution < -0.4 is 10.9 Å². The van der Waals surface area contributed by atoms with Crippen LogP contribution in [0.1, 0.15) is 10.4 Å². The molecule has 0 bridgehead atoms. The largest absolute Gasteiger partial charge is 0.322 e. The smallest absolute Gasteiger partial charge is 0.306 e. The van der Waals surface area contributed by atoms with Crippen molar-refractivity contribution < 1.29 is 14.1 Å². The standard InChI is InChI=1S/C13H10FN3O4/c1-16-5-4-8(6-12(16)18)13(19)15-9-2-3-10(14)11(7-9)17(20)21/h2-7H,1H3,(H,15,19). The fraction of sp³-hybridized carbons (Fsp3) is 0.0769. The first-order chi connectivity index (χ1) is 9.88. The third-order valence-electron chi connectivity index (χ3n) is 2.77. The van der Waals surface area contributed by atoms with Gasteiger partial charge in [0.1, 0.15) is 0 Å². The predicted octanol–water partition coefficient (Wildman–Crippen LogP) is 1.68. The van der Waals surface area contributed by atoms with Gasteiger partial charge in [-0.05, 0) is 18.2 Å². The Kier molecular flexibility index (Phi) is 3.79. The van der Waals surface area contributed by atoms with Gasteiger partial charge in [0.25, 0.3) is 11.5 Å². The molecule has 108 valence electrons. The Hall–Kier alpha value is -3.03. The Morgan fingerprint density at radius 2 is 2.05 bits per heavy atom. The normalized spacial score (nSPS) is 10.2. The van der Waals surface area contributed by atoms with Crippen molar-refractivity contribution in [3.63, 3.8) is 0 Å². The molecule has 0 spiro atoms. The summed E-state index contributed by atoms with van der Waals surface area (Å²) >= 11 is 0. The number of nitrogens with one attached hydrogen (secondary N) is 1.